The van der Waals surface area contributed by atoms with Gasteiger partial charge in [-0.05, 0) is 51.7 Å². The second-order valence-corrected chi connectivity index (χ2v) is 7.58. The molecule has 4 nitrogen and oxygen atoms in total. The fraction of sp³-hybridized carbons (Fsp3) is 0.700. The molecule has 4 heteroatoms. The van der Waals surface area contributed by atoms with Crippen LogP contribution in [0.4, 0.5) is 0 Å². The molecule has 0 radical (unpaired) electrons. The van der Waals surface area contributed by atoms with Crippen LogP contribution in [0.3, 0.4) is 0 Å². The molecule has 1 saturated carbocycles. The van der Waals surface area contributed by atoms with E-state index in [0.29, 0.717) is 6.04 Å². The third-order valence-electron chi connectivity index (χ3n) is 5.68. The lowest BCUT2D eigenvalue weighted by atomic mass is 9.88. The molecule has 3 rings (SSSR count). The Hall–Kier alpha value is -1.10. The molecule has 1 N–H and O–H groups in total. The smallest absolute Gasteiger partial charge is 0.126 e. The van der Waals surface area contributed by atoms with E-state index in [4.69, 9.17) is 4.74 Å². The van der Waals surface area contributed by atoms with Crippen LogP contribution in [-0.2, 0) is 0 Å². The zero-order valence-electron chi connectivity index (χ0n) is 15.3. The zero-order valence-corrected chi connectivity index (χ0v) is 15.3. The Kier molecular flexibility index (Phi) is 5.80. The molecule has 2 fully saturated rings. The molecular weight excluding hydrogens is 300 g/mol. The van der Waals surface area contributed by atoms with Gasteiger partial charge in [-0.3, -0.25) is 9.80 Å². The molecule has 3 atom stereocenters. The van der Waals surface area contributed by atoms with E-state index in [1.807, 2.05) is 18.2 Å². The minimum absolute atomic E-state index is 0.0898. The van der Waals surface area contributed by atoms with Crippen molar-refractivity contribution in [3.05, 3.63) is 29.8 Å². The first-order valence-corrected chi connectivity index (χ1v) is 9.44. The first-order chi connectivity index (χ1) is 11.6. The minimum Gasteiger partial charge on any atom is -0.487 e. The number of para-hydroxylation sites is 1. The van der Waals surface area contributed by atoms with Gasteiger partial charge in [0.2, 0.25) is 0 Å². The van der Waals surface area contributed by atoms with Crippen LogP contribution in [0, 0.1) is 6.92 Å². The van der Waals surface area contributed by atoms with Gasteiger partial charge in [0.1, 0.15) is 18.0 Å². The van der Waals surface area contributed by atoms with Gasteiger partial charge in [-0.2, -0.15) is 0 Å². The van der Waals surface area contributed by atoms with Gasteiger partial charge < -0.3 is 9.84 Å². The third kappa shape index (κ3) is 3.93. The van der Waals surface area contributed by atoms with Gasteiger partial charge in [0.25, 0.3) is 0 Å². The summed E-state index contributed by atoms with van der Waals surface area (Å²) >= 11 is 0. The lowest BCUT2D eigenvalue weighted by molar-refractivity contribution is -0.0650. The number of aliphatic hydroxyl groups excluding tert-OH is 1. The van der Waals surface area contributed by atoms with Crippen LogP contribution < -0.4 is 4.74 Å². The van der Waals surface area contributed by atoms with Crippen LogP contribution in [0.25, 0.3) is 0 Å². The Labute approximate surface area is 146 Å². The quantitative estimate of drug-likeness (QED) is 0.920. The molecule has 0 amide bonds. The summed E-state index contributed by atoms with van der Waals surface area (Å²) in [6.07, 6.45) is 2.66. The Morgan fingerprint density at radius 2 is 1.79 bits per heavy atom. The van der Waals surface area contributed by atoms with Crippen LogP contribution >= 0.6 is 0 Å². The van der Waals surface area contributed by atoms with Gasteiger partial charge in [0.05, 0.1) is 0 Å². The number of aryl methyl sites for hydroxylation is 1. The minimum atomic E-state index is -0.399. The van der Waals surface area contributed by atoms with Gasteiger partial charge in [-0.25, -0.2) is 0 Å². The Bertz CT molecular complexity index is 526. The highest BCUT2D eigenvalue weighted by molar-refractivity contribution is 5.32. The number of nitrogens with zero attached hydrogens (tertiary/aromatic N) is 2. The third-order valence-corrected chi connectivity index (χ3v) is 5.68. The molecular formula is C20H32N2O2. The van der Waals surface area contributed by atoms with Crippen LogP contribution in [0.1, 0.15) is 38.7 Å². The van der Waals surface area contributed by atoms with Crippen molar-refractivity contribution < 1.29 is 9.84 Å². The van der Waals surface area contributed by atoms with Gasteiger partial charge in [0, 0.05) is 38.3 Å². The number of piperazine rings is 1. The number of ether oxygens (including phenoxy) is 1. The summed E-state index contributed by atoms with van der Waals surface area (Å²) in [5.74, 6) is 0.909. The van der Waals surface area contributed by atoms with Gasteiger partial charge in [-0.1, -0.05) is 18.2 Å². The molecule has 24 heavy (non-hydrogen) atoms. The Balaban J connectivity index is 1.61. The summed E-state index contributed by atoms with van der Waals surface area (Å²) in [6.45, 7) is 10.9. The van der Waals surface area contributed by atoms with E-state index in [2.05, 4.69) is 36.6 Å². The van der Waals surface area contributed by atoms with E-state index in [1.54, 1.807) is 0 Å². The Morgan fingerprint density at radius 1 is 1.08 bits per heavy atom. The Morgan fingerprint density at radius 3 is 2.46 bits per heavy atom. The number of benzene rings is 1. The normalized spacial score (nSPS) is 29.8. The second-order valence-electron chi connectivity index (χ2n) is 7.58. The molecule has 0 unspecified atom stereocenters. The van der Waals surface area contributed by atoms with Gasteiger partial charge in [0.15, 0.2) is 0 Å². The molecule has 1 aliphatic heterocycles. The SMILES string of the molecule is Cc1ccccc1O[C@@H]1CCC[C@H](N2CCN(C(C)C)CC2)[C@H]1O. The van der Waals surface area contributed by atoms with Crippen molar-refractivity contribution in [1.82, 2.24) is 9.80 Å². The van der Waals surface area contributed by atoms with Crippen molar-refractivity contribution in [1.29, 1.82) is 0 Å². The lowest BCUT2D eigenvalue weighted by Gasteiger charge is -2.45. The molecule has 0 aromatic heterocycles. The van der Waals surface area contributed by atoms with Crippen molar-refractivity contribution in [2.75, 3.05) is 26.2 Å². The fourth-order valence-corrected chi connectivity index (χ4v) is 4.08. The van der Waals surface area contributed by atoms with Crippen LogP contribution in [0.5, 0.6) is 5.75 Å². The molecule has 1 aromatic carbocycles. The van der Waals surface area contributed by atoms with E-state index in [-0.39, 0.29) is 12.1 Å². The molecule has 2 aliphatic rings. The average molecular weight is 332 g/mol. The summed E-state index contributed by atoms with van der Waals surface area (Å²) in [5.41, 5.74) is 1.14. The second kappa shape index (κ2) is 7.85. The monoisotopic (exact) mass is 332 g/mol. The predicted octanol–water partition coefficient (Wildman–Crippen LogP) is 2.68. The maximum atomic E-state index is 10.9. The lowest BCUT2D eigenvalue weighted by Crippen LogP contribution is -2.58. The fourth-order valence-electron chi connectivity index (χ4n) is 4.08. The topological polar surface area (TPSA) is 35.9 Å². The maximum Gasteiger partial charge on any atom is 0.126 e. The van der Waals surface area contributed by atoms with Crippen molar-refractivity contribution in [2.45, 2.75) is 64.3 Å². The van der Waals surface area contributed by atoms with Gasteiger partial charge >= 0.3 is 0 Å². The highest BCUT2D eigenvalue weighted by Gasteiger charge is 2.38. The van der Waals surface area contributed by atoms with E-state index in [9.17, 15) is 5.11 Å². The number of hydrogen-bond acceptors (Lipinski definition) is 4. The van der Waals surface area contributed by atoms with E-state index in [0.717, 1.165) is 56.8 Å². The van der Waals surface area contributed by atoms with Crippen molar-refractivity contribution >= 4 is 0 Å². The van der Waals surface area contributed by atoms with E-state index < -0.39 is 6.10 Å². The van der Waals surface area contributed by atoms with Crippen molar-refractivity contribution in [3.8, 4) is 5.75 Å². The van der Waals surface area contributed by atoms with Gasteiger partial charge in [-0.15, -0.1) is 0 Å². The first kappa shape index (κ1) is 17.7. The van der Waals surface area contributed by atoms with Crippen LogP contribution in [0.2, 0.25) is 0 Å². The van der Waals surface area contributed by atoms with E-state index >= 15 is 0 Å². The summed E-state index contributed by atoms with van der Waals surface area (Å²) in [7, 11) is 0. The molecule has 1 saturated heterocycles. The molecule has 0 bridgehead atoms. The summed E-state index contributed by atoms with van der Waals surface area (Å²) in [5, 5.41) is 10.9. The highest BCUT2D eigenvalue weighted by Crippen LogP contribution is 2.29. The first-order valence-electron chi connectivity index (χ1n) is 9.44. The predicted molar refractivity (Wildman–Crippen MR) is 97.5 cm³/mol. The molecule has 134 valence electrons. The maximum absolute atomic E-state index is 10.9. The molecule has 1 heterocycles. The van der Waals surface area contributed by atoms with Crippen molar-refractivity contribution in [3.63, 3.8) is 0 Å². The summed E-state index contributed by atoms with van der Waals surface area (Å²) in [4.78, 5) is 5.00. The standard InChI is InChI=1S/C20H32N2O2/c1-15(2)21-11-13-22(14-12-21)17-8-6-10-19(20(17)23)24-18-9-5-4-7-16(18)3/h4-5,7,9,15,17,19-20,23H,6,8,10-14H2,1-3H3/t17-,19+,20+/m0/s1. The van der Waals surface area contributed by atoms with E-state index in [1.165, 1.54) is 0 Å². The number of aliphatic hydroxyl groups is 1. The van der Waals surface area contributed by atoms with Crippen molar-refractivity contribution in [2.24, 2.45) is 0 Å². The van der Waals surface area contributed by atoms with Crippen LogP contribution in [0.15, 0.2) is 24.3 Å². The average Bonchev–Trinajstić information content (AvgIpc) is 2.59. The summed E-state index contributed by atoms with van der Waals surface area (Å²) < 4.78 is 6.19. The molecule has 0 spiro atoms. The highest BCUT2D eigenvalue weighted by atomic mass is 16.5. The summed E-state index contributed by atoms with van der Waals surface area (Å²) in [6, 6.07) is 8.94. The zero-order chi connectivity index (χ0) is 17.1. The molecule has 1 aromatic rings. The largest absolute Gasteiger partial charge is 0.487 e. The van der Waals surface area contributed by atoms with Crippen LogP contribution in [-0.4, -0.2) is 65.4 Å². The molecule has 1 aliphatic carbocycles. The number of hydrogen-bond donors (Lipinski definition) is 1. The number of rotatable bonds is 4.